The van der Waals surface area contributed by atoms with Crippen LogP contribution in [0.25, 0.3) is 11.8 Å². The van der Waals surface area contributed by atoms with Gasteiger partial charge in [-0.15, -0.1) is 0 Å². The van der Waals surface area contributed by atoms with Gasteiger partial charge >= 0.3 is 0 Å². The van der Waals surface area contributed by atoms with Crippen LogP contribution in [0.3, 0.4) is 0 Å². The van der Waals surface area contributed by atoms with Gasteiger partial charge in [0.15, 0.2) is 5.84 Å². The molecule has 2 aliphatic rings. The first-order valence-corrected chi connectivity index (χ1v) is 10.3. The second kappa shape index (κ2) is 7.48. The normalized spacial score (nSPS) is 17.1. The van der Waals surface area contributed by atoms with Crippen molar-refractivity contribution in [3.63, 3.8) is 0 Å². The summed E-state index contributed by atoms with van der Waals surface area (Å²) in [6, 6.07) is 17.6. The zero-order valence-electron chi connectivity index (χ0n) is 16.4. The predicted molar refractivity (Wildman–Crippen MR) is 121 cm³/mol. The fraction of sp³-hybridized carbons (Fsp3) is 0.0435. The molecule has 1 amide bonds. The molecule has 3 heterocycles. The van der Waals surface area contributed by atoms with Crippen molar-refractivity contribution in [1.82, 2.24) is 9.58 Å². The summed E-state index contributed by atoms with van der Waals surface area (Å²) in [6.45, 7) is 1.99. The molecular formula is C23H16FN5OS. The van der Waals surface area contributed by atoms with Crippen molar-refractivity contribution < 1.29 is 9.18 Å². The minimum atomic E-state index is -0.503. The SMILES string of the molecule is Cc1cccc(C2=NN3C(=N)/C(=C\c4cccn4-c4cccc(F)c4)C(=O)N=C3S2)c1. The summed E-state index contributed by atoms with van der Waals surface area (Å²) in [5, 5.41) is 15.5. The van der Waals surface area contributed by atoms with E-state index in [2.05, 4.69) is 10.1 Å². The molecule has 1 N–H and O–H groups in total. The molecule has 0 fully saturated rings. The number of hydrazone groups is 1. The molecule has 0 aliphatic carbocycles. The Morgan fingerprint density at radius 1 is 1.10 bits per heavy atom. The van der Waals surface area contributed by atoms with Crippen LogP contribution in [0.15, 0.2) is 82.5 Å². The zero-order chi connectivity index (χ0) is 21.5. The van der Waals surface area contributed by atoms with Crippen molar-refractivity contribution in [3.8, 4) is 5.69 Å². The highest BCUT2D eigenvalue weighted by Gasteiger charge is 2.36. The first-order valence-electron chi connectivity index (χ1n) is 9.50. The molecule has 2 aliphatic heterocycles. The number of thioether (sulfide) groups is 1. The Hall–Kier alpha value is -3.78. The van der Waals surface area contributed by atoms with Gasteiger partial charge in [-0.1, -0.05) is 29.8 Å². The average molecular weight is 429 g/mol. The van der Waals surface area contributed by atoms with Gasteiger partial charge in [0, 0.05) is 23.1 Å². The van der Waals surface area contributed by atoms with Crippen molar-refractivity contribution >= 4 is 39.8 Å². The third kappa shape index (κ3) is 3.51. The first-order chi connectivity index (χ1) is 15.0. The van der Waals surface area contributed by atoms with Crippen molar-refractivity contribution in [2.24, 2.45) is 10.1 Å². The minimum Gasteiger partial charge on any atom is -0.317 e. The number of nitrogens with zero attached hydrogens (tertiary/aromatic N) is 4. The van der Waals surface area contributed by atoms with Crippen LogP contribution in [0.5, 0.6) is 0 Å². The number of nitrogens with one attached hydrogen (secondary N) is 1. The number of carbonyl (C=O) groups is 1. The largest absolute Gasteiger partial charge is 0.317 e. The fourth-order valence-corrected chi connectivity index (χ4v) is 4.29. The minimum absolute atomic E-state index is 0.0443. The Labute approximate surface area is 181 Å². The van der Waals surface area contributed by atoms with Gasteiger partial charge in [0.1, 0.15) is 10.9 Å². The van der Waals surface area contributed by atoms with Crippen LogP contribution in [-0.2, 0) is 4.79 Å². The van der Waals surface area contributed by atoms with Crippen molar-refractivity contribution in [1.29, 1.82) is 5.41 Å². The maximum Gasteiger partial charge on any atom is 0.283 e. The summed E-state index contributed by atoms with van der Waals surface area (Å²) in [7, 11) is 0. The van der Waals surface area contributed by atoms with Crippen molar-refractivity contribution in [2.45, 2.75) is 6.92 Å². The molecule has 0 spiro atoms. The number of fused-ring (bicyclic) bond motifs is 1. The van der Waals surface area contributed by atoms with Gasteiger partial charge in [-0.25, -0.2) is 4.39 Å². The van der Waals surface area contributed by atoms with Crippen LogP contribution in [-0.4, -0.2) is 31.5 Å². The second-order valence-corrected chi connectivity index (χ2v) is 8.03. The van der Waals surface area contributed by atoms with Crippen LogP contribution in [0.4, 0.5) is 4.39 Å². The van der Waals surface area contributed by atoms with Gasteiger partial charge in [-0.2, -0.15) is 15.1 Å². The highest BCUT2D eigenvalue weighted by molar-refractivity contribution is 8.27. The fourth-order valence-electron chi connectivity index (χ4n) is 3.41. The molecule has 152 valence electrons. The number of aliphatic imine (C=N–C) groups is 1. The van der Waals surface area contributed by atoms with E-state index in [1.54, 1.807) is 41.1 Å². The number of amides is 1. The van der Waals surface area contributed by atoms with E-state index >= 15 is 0 Å². The standard InChI is InChI=1S/C23H16FN5OS/c1-14-5-2-6-15(11-14)22-27-29-20(25)19(21(30)26-23(29)31-22)13-18-9-4-10-28(18)17-8-3-7-16(24)12-17/h2-13,25H,1H3/b19-13+,25-20?. The summed E-state index contributed by atoms with van der Waals surface area (Å²) < 4.78 is 15.4. The highest BCUT2D eigenvalue weighted by Crippen LogP contribution is 2.31. The second-order valence-electron chi connectivity index (χ2n) is 7.08. The molecule has 8 heteroatoms. The predicted octanol–water partition coefficient (Wildman–Crippen LogP) is 4.59. The van der Waals surface area contributed by atoms with Gasteiger partial charge in [-0.3, -0.25) is 10.2 Å². The van der Waals surface area contributed by atoms with E-state index in [-0.39, 0.29) is 17.2 Å². The number of amidine groups is 2. The van der Waals surface area contributed by atoms with Crippen LogP contribution in [0, 0.1) is 18.2 Å². The number of aryl methyl sites for hydroxylation is 1. The molecule has 2 aromatic carbocycles. The number of hydrogen-bond donors (Lipinski definition) is 1. The molecule has 6 nitrogen and oxygen atoms in total. The maximum absolute atomic E-state index is 13.7. The highest BCUT2D eigenvalue weighted by atomic mass is 32.2. The first kappa shape index (κ1) is 19.2. The Kier molecular flexibility index (Phi) is 4.63. The Balaban J connectivity index is 1.51. The lowest BCUT2D eigenvalue weighted by molar-refractivity contribution is -0.114. The molecule has 0 saturated heterocycles. The summed E-state index contributed by atoms with van der Waals surface area (Å²) in [4.78, 5) is 16.9. The maximum atomic E-state index is 13.7. The van der Waals surface area contributed by atoms with E-state index in [4.69, 9.17) is 5.41 Å². The molecule has 31 heavy (non-hydrogen) atoms. The van der Waals surface area contributed by atoms with E-state index < -0.39 is 5.91 Å². The molecule has 1 aromatic heterocycles. The number of aromatic nitrogens is 1. The third-order valence-electron chi connectivity index (χ3n) is 4.88. The molecule has 0 saturated carbocycles. The smallest absolute Gasteiger partial charge is 0.283 e. The van der Waals surface area contributed by atoms with E-state index in [1.165, 1.54) is 28.9 Å². The molecule has 5 rings (SSSR count). The number of carbonyl (C=O) groups excluding carboxylic acids is 1. The Morgan fingerprint density at radius 2 is 1.94 bits per heavy atom. The summed E-state index contributed by atoms with van der Waals surface area (Å²) in [5.74, 6) is -0.902. The summed E-state index contributed by atoms with van der Waals surface area (Å²) in [6.07, 6.45) is 3.35. The van der Waals surface area contributed by atoms with Gasteiger partial charge in [0.2, 0.25) is 5.17 Å². The number of benzene rings is 2. The van der Waals surface area contributed by atoms with Crippen LogP contribution < -0.4 is 0 Å². The quantitative estimate of drug-likeness (QED) is 0.619. The van der Waals surface area contributed by atoms with E-state index in [9.17, 15) is 9.18 Å². The van der Waals surface area contributed by atoms with Crippen molar-refractivity contribution in [3.05, 3.63) is 95.1 Å². The number of rotatable bonds is 3. The van der Waals surface area contributed by atoms with Crippen LogP contribution in [0.2, 0.25) is 0 Å². The van der Waals surface area contributed by atoms with Crippen LogP contribution in [0.1, 0.15) is 16.8 Å². The summed E-state index contributed by atoms with van der Waals surface area (Å²) in [5.41, 5.74) is 3.37. The molecule has 3 aromatic rings. The van der Waals surface area contributed by atoms with E-state index in [1.807, 2.05) is 31.2 Å². The molecule has 0 atom stereocenters. The molecule has 0 radical (unpaired) electrons. The lowest BCUT2D eigenvalue weighted by atomic mass is 10.1. The van der Waals surface area contributed by atoms with Gasteiger partial charge < -0.3 is 4.57 Å². The van der Waals surface area contributed by atoms with Gasteiger partial charge in [0.25, 0.3) is 5.91 Å². The van der Waals surface area contributed by atoms with Crippen LogP contribution >= 0.6 is 11.8 Å². The summed E-state index contributed by atoms with van der Waals surface area (Å²) >= 11 is 1.27. The Morgan fingerprint density at radius 3 is 2.74 bits per heavy atom. The Bertz CT molecular complexity index is 1340. The lowest BCUT2D eigenvalue weighted by Gasteiger charge is -2.20. The van der Waals surface area contributed by atoms with E-state index in [0.29, 0.717) is 21.6 Å². The van der Waals surface area contributed by atoms with Gasteiger partial charge in [-0.05, 0) is 61.2 Å². The molecule has 0 bridgehead atoms. The monoisotopic (exact) mass is 429 g/mol. The van der Waals surface area contributed by atoms with E-state index in [0.717, 1.165) is 11.1 Å². The molecular weight excluding hydrogens is 413 g/mol. The number of hydrogen-bond acceptors (Lipinski definition) is 4. The lowest BCUT2D eigenvalue weighted by Crippen LogP contribution is -2.35. The molecule has 0 unspecified atom stereocenters. The third-order valence-corrected chi connectivity index (χ3v) is 5.84. The number of halogens is 1. The topological polar surface area (TPSA) is 73.8 Å². The average Bonchev–Trinajstić information content (AvgIpc) is 3.38. The van der Waals surface area contributed by atoms with Gasteiger partial charge in [0.05, 0.1) is 5.57 Å². The van der Waals surface area contributed by atoms with Crippen molar-refractivity contribution in [2.75, 3.05) is 0 Å². The zero-order valence-corrected chi connectivity index (χ0v) is 17.2.